The standard InChI is InChI=1S/C33H38O9/c1-20-16-17-26(39-22(3)35)32(19-38-21(2)34)27(40-29(36)23-12-8-6-9-13-23)18-25-28(33(20,32)42-31(25,4)5)41-30(37)24-14-10-7-11-15-24/h6-15,20,25-28H,16-19H2,1-5H3/t20-,25-,26+,27+,28-,32+,33-/m1/s1. The molecule has 2 saturated carbocycles. The van der Waals surface area contributed by atoms with Crippen molar-refractivity contribution in [3.8, 4) is 0 Å². The summed E-state index contributed by atoms with van der Waals surface area (Å²) in [6, 6.07) is 17.3. The number of hydrogen-bond acceptors (Lipinski definition) is 9. The molecule has 0 unspecified atom stereocenters. The summed E-state index contributed by atoms with van der Waals surface area (Å²) in [4.78, 5) is 52.0. The van der Waals surface area contributed by atoms with Gasteiger partial charge in [0.05, 0.1) is 16.7 Å². The molecule has 3 aliphatic rings. The molecule has 42 heavy (non-hydrogen) atoms. The van der Waals surface area contributed by atoms with Crippen molar-refractivity contribution in [1.82, 2.24) is 0 Å². The third kappa shape index (κ3) is 4.87. The van der Waals surface area contributed by atoms with Crippen molar-refractivity contribution in [2.75, 3.05) is 6.61 Å². The van der Waals surface area contributed by atoms with E-state index in [-0.39, 0.29) is 24.9 Å². The normalized spacial score (nSPS) is 32.6. The summed E-state index contributed by atoms with van der Waals surface area (Å²) in [5.74, 6) is -2.80. The van der Waals surface area contributed by atoms with Gasteiger partial charge in [0.2, 0.25) is 0 Å². The molecule has 9 nitrogen and oxygen atoms in total. The minimum Gasteiger partial charge on any atom is -0.465 e. The van der Waals surface area contributed by atoms with Crippen molar-refractivity contribution < 1.29 is 42.9 Å². The molecule has 2 aromatic rings. The van der Waals surface area contributed by atoms with Gasteiger partial charge in [-0.2, -0.15) is 0 Å². The first-order chi connectivity index (χ1) is 19.9. The van der Waals surface area contributed by atoms with Crippen LogP contribution in [0.5, 0.6) is 0 Å². The highest BCUT2D eigenvalue weighted by atomic mass is 16.6. The lowest BCUT2D eigenvalue weighted by atomic mass is 9.48. The summed E-state index contributed by atoms with van der Waals surface area (Å²) in [5.41, 5.74) is -2.79. The SMILES string of the molecule is CC(=O)OC[C@@]12[C@@H](OC(C)=O)CC[C@@H](C)[C@]13OC(C)(C)[C@H](C[C@@H]2OC(=O)c1ccccc1)[C@H]3OC(=O)c1ccccc1. The maximum absolute atomic E-state index is 13.6. The second kappa shape index (κ2) is 11.2. The zero-order valence-corrected chi connectivity index (χ0v) is 24.7. The molecule has 5 rings (SSSR count). The van der Waals surface area contributed by atoms with Gasteiger partial charge in [-0.15, -0.1) is 0 Å². The van der Waals surface area contributed by atoms with E-state index in [0.29, 0.717) is 24.0 Å². The minimum atomic E-state index is -1.38. The maximum Gasteiger partial charge on any atom is 0.338 e. The highest BCUT2D eigenvalue weighted by Gasteiger charge is 2.81. The molecular formula is C33H38O9. The molecule has 224 valence electrons. The monoisotopic (exact) mass is 578 g/mol. The van der Waals surface area contributed by atoms with E-state index in [9.17, 15) is 19.2 Å². The Morgan fingerprint density at radius 1 is 0.786 bits per heavy atom. The van der Waals surface area contributed by atoms with Gasteiger partial charge in [-0.05, 0) is 63.3 Å². The molecule has 0 aromatic heterocycles. The summed E-state index contributed by atoms with van der Waals surface area (Å²) in [6.45, 7) is 8.19. The van der Waals surface area contributed by atoms with Crippen molar-refractivity contribution in [2.24, 2.45) is 17.3 Å². The molecule has 3 fully saturated rings. The van der Waals surface area contributed by atoms with Crippen LogP contribution in [0, 0.1) is 17.3 Å². The summed E-state index contributed by atoms with van der Waals surface area (Å²) in [6.07, 6.45) is -1.35. The molecule has 0 N–H and O–H groups in total. The fourth-order valence-corrected chi connectivity index (χ4v) is 7.60. The van der Waals surface area contributed by atoms with Crippen LogP contribution in [0.25, 0.3) is 0 Å². The van der Waals surface area contributed by atoms with Crippen molar-refractivity contribution in [2.45, 2.75) is 83.4 Å². The topological polar surface area (TPSA) is 114 Å². The molecule has 2 bridgehead atoms. The first-order valence-electron chi connectivity index (χ1n) is 14.4. The molecule has 0 radical (unpaired) electrons. The Kier molecular flexibility index (Phi) is 7.91. The Morgan fingerprint density at radius 2 is 1.36 bits per heavy atom. The van der Waals surface area contributed by atoms with Crippen LogP contribution in [-0.2, 0) is 33.3 Å². The molecule has 2 aliphatic carbocycles. The Hall–Kier alpha value is -3.72. The number of fused-ring (bicyclic) bond motifs is 1. The van der Waals surface area contributed by atoms with Gasteiger partial charge in [-0.3, -0.25) is 9.59 Å². The zero-order chi connectivity index (χ0) is 30.3. The average Bonchev–Trinajstić information content (AvgIpc) is 3.12. The van der Waals surface area contributed by atoms with E-state index in [2.05, 4.69) is 0 Å². The Morgan fingerprint density at radius 3 is 1.90 bits per heavy atom. The first kappa shape index (κ1) is 29.8. The van der Waals surface area contributed by atoms with Crippen LogP contribution in [0.2, 0.25) is 0 Å². The molecule has 1 aliphatic heterocycles. The molecule has 0 amide bonds. The minimum absolute atomic E-state index is 0.228. The second-order valence-corrected chi connectivity index (χ2v) is 12.2. The summed E-state index contributed by atoms with van der Waals surface area (Å²) in [7, 11) is 0. The largest absolute Gasteiger partial charge is 0.465 e. The van der Waals surface area contributed by atoms with E-state index in [1.54, 1.807) is 54.6 Å². The maximum atomic E-state index is 13.6. The Labute approximate surface area is 245 Å². The quantitative estimate of drug-likeness (QED) is 0.334. The van der Waals surface area contributed by atoms with Crippen molar-refractivity contribution >= 4 is 23.9 Å². The predicted octanol–water partition coefficient (Wildman–Crippen LogP) is 4.92. The van der Waals surface area contributed by atoms with Crippen LogP contribution in [0.4, 0.5) is 0 Å². The van der Waals surface area contributed by atoms with Crippen LogP contribution in [-0.4, -0.2) is 60.0 Å². The number of carbonyl (C=O) groups is 4. The van der Waals surface area contributed by atoms with Gasteiger partial charge in [0, 0.05) is 19.8 Å². The van der Waals surface area contributed by atoms with Crippen molar-refractivity contribution in [1.29, 1.82) is 0 Å². The molecule has 1 spiro atoms. The van der Waals surface area contributed by atoms with Gasteiger partial charge in [0.15, 0.2) is 0 Å². The molecule has 1 saturated heterocycles. The second-order valence-electron chi connectivity index (χ2n) is 12.2. The lowest BCUT2D eigenvalue weighted by Gasteiger charge is -2.62. The van der Waals surface area contributed by atoms with Gasteiger partial charge >= 0.3 is 23.9 Å². The lowest BCUT2D eigenvalue weighted by molar-refractivity contribution is -0.299. The van der Waals surface area contributed by atoms with Crippen LogP contribution < -0.4 is 0 Å². The number of ether oxygens (including phenoxy) is 5. The fourth-order valence-electron chi connectivity index (χ4n) is 7.60. The average molecular weight is 579 g/mol. The number of hydrogen-bond donors (Lipinski definition) is 0. The van der Waals surface area contributed by atoms with E-state index in [0.717, 1.165) is 0 Å². The van der Waals surface area contributed by atoms with E-state index < -0.39 is 58.8 Å². The number of benzene rings is 2. The molecule has 9 heteroatoms. The summed E-state index contributed by atoms with van der Waals surface area (Å²) >= 11 is 0. The number of esters is 4. The highest BCUT2D eigenvalue weighted by Crippen LogP contribution is 2.68. The molecule has 1 heterocycles. The van der Waals surface area contributed by atoms with Crippen LogP contribution >= 0.6 is 0 Å². The third-order valence-electron chi connectivity index (χ3n) is 9.38. The van der Waals surface area contributed by atoms with Crippen molar-refractivity contribution in [3.63, 3.8) is 0 Å². The van der Waals surface area contributed by atoms with E-state index >= 15 is 0 Å². The smallest absolute Gasteiger partial charge is 0.338 e. The third-order valence-corrected chi connectivity index (χ3v) is 9.38. The molecule has 2 aromatic carbocycles. The van der Waals surface area contributed by atoms with Crippen molar-refractivity contribution in [3.05, 3.63) is 71.8 Å². The Bertz CT molecular complexity index is 1340. The summed E-state index contributed by atoms with van der Waals surface area (Å²) < 4.78 is 31.4. The van der Waals surface area contributed by atoms with Gasteiger partial charge in [-0.25, -0.2) is 9.59 Å². The summed E-state index contributed by atoms with van der Waals surface area (Å²) in [5, 5.41) is 0. The zero-order valence-electron chi connectivity index (χ0n) is 24.7. The molecular weight excluding hydrogens is 540 g/mol. The fraction of sp³-hybridized carbons (Fsp3) is 0.515. The predicted molar refractivity (Wildman–Crippen MR) is 150 cm³/mol. The van der Waals surface area contributed by atoms with Gasteiger partial charge in [0.1, 0.15) is 35.9 Å². The Balaban J connectivity index is 1.69. The van der Waals surface area contributed by atoms with E-state index in [1.807, 2.05) is 26.8 Å². The van der Waals surface area contributed by atoms with E-state index in [4.69, 9.17) is 23.7 Å². The van der Waals surface area contributed by atoms with Gasteiger partial charge in [0.25, 0.3) is 0 Å². The molecule has 7 atom stereocenters. The lowest BCUT2D eigenvalue weighted by Crippen LogP contribution is -2.76. The van der Waals surface area contributed by atoms with Gasteiger partial charge in [-0.1, -0.05) is 43.3 Å². The highest BCUT2D eigenvalue weighted by molar-refractivity contribution is 5.90. The van der Waals surface area contributed by atoms with Crippen LogP contribution in [0.1, 0.15) is 74.6 Å². The number of rotatable bonds is 7. The van der Waals surface area contributed by atoms with Crippen LogP contribution in [0.3, 0.4) is 0 Å². The van der Waals surface area contributed by atoms with E-state index in [1.165, 1.54) is 13.8 Å². The first-order valence-corrected chi connectivity index (χ1v) is 14.4. The number of carbonyl (C=O) groups excluding carboxylic acids is 4. The van der Waals surface area contributed by atoms with Gasteiger partial charge < -0.3 is 23.7 Å². The van der Waals surface area contributed by atoms with Crippen LogP contribution in [0.15, 0.2) is 60.7 Å².